The molecule has 2 atom stereocenters. The molecular formula is C20H25NO5. The molecule has 1 saturated carbocycles. The van der Waals surface area contributed by atoms with E-state index in [2.05, 4.69) is 12.2 Å². The molecule has 1 aromatic carbocycles. The number of methoxy groups -OCH3 is 1. The molecule has 0 saturated heterocycles. The number of furan rings is 1. The third-order valence-corrected chi connectivity index (χ3v) is 5.12. The lowest BCUT2D eigenvalue weighted by molar-refractivity contribution is -0.125. The highest BCUT2D eigenvalue weighted by atomic mass is 16.5. The van der Waals surface area contributed by atoms with Crippen molar-refractivity contribution in [3.8, 4) is 5.75 Å². The van der Waals surface area contributed by atoms with E-state index in [1.165, 1.54) is 6.42 Å². The summed E-state index contributed by atoms with van der Waals surface area (Å²) in [5, 5.41) is 3.76. The summed E-state index contributed by atoms with van der Waals surface area (Å²) < 4.78 is 16.0. The molecule has 6 heteroatoms. The summed E-state index contributed by atoms with van der Waals surface area (Å²) in [5.41, 5.74) is 1.25. The third kappa shape index (κ3) is 3.84. The van der Waals surface area contributed by atoms with E-state index in [1.54, 1.807) is 26.2 Å². The summed E-state index contributed by atoms with van der Waals surface area (Å²) in [6.07, 6.45) is 4.42. The highest BCUT2D eigenvalue weighted by molar-refractivity contribution is 5.97. The van der Waals surface area contributed by atoms with Crippen LogP contribution < -0.4 is 10.1 Å². The van der Waals surface area contributed by atoms with Crippen molar-refractivity contribution in [3.63, 3.8) is 0 Å². The molecule has 1 N–H and O–H groups in total. The fourth-order valence-corrected chi connectivity index (χ4v) is 3.50. The maximum Gasteiger partial charge on any atom is 0.375 e. The van der Waals surface area contributed by atoms with Crippen LogP contribution in [-0.4, -0.2) is 31.6 Å². The van der Waals surface area contributed by atoms with Crippen molar-refractivity contribution in [1.82, 2.24) is 5.32 Å². The maximum absolute atomic E-state index is 12.3. The average molecular weight is 359 g/mol. The smallest absolute Gasteiger partial charge is 0.375 e. The van der Waals surface area contributed by atoms with Crippen LogP contribution in [-0.2, 0) is 9.53 Å². The highest BCUT2D eigenvalue weighted by Crippen LogP contribution is 2.29. The lowest BCUT2D eigenvalue weighted by Gasteiger charge is -2.29. The highest BCUT2D eigenvalue weighted by Gasteiger charge is 2.24. The Bertz CT molecular complexity index is 810. The first kappa shape index (κ1) is 18.3. The van der Waals surface area contributed by atoms with Crippen molar-refractivity contribution in [2.75, 3.05) is 13.7 Å². The van der Waals surface area contributed by atoms with Crippen molar-refractivity contribution in [2.45, 2.75) is 45.6 Å². The zero-order valence-electron chi connectivity index (χ0n) is 15.5. The van der Waals surface area contributed by atoms with Crippen LogP contribution in [0.1, 0.15) is 48.7 Å². The number of hydrogen-bond acceptors (Lipinski definition) is 5. The summed E-state index contributed by atoms with van der Waals surface area (Å²) in [6.45, 7) is 3.62. The minimum atomic E-state index is -0.635. The van der Waals surface area contributed by atoms with E-state index in [4.69, 9.17) is 13.9 Å². The first-order chi connectivity index (χ1) is 12.5. The van der Waals surface area contributed by atoms with Crippen LogP contribution in [0, 0.1) is 12.8 Å². The van der Waals surface area contributed by atoms with Crippen LogP contribution in [0.3, 0.4) is 0 Å². The topological polar surface area (TPSA) is 77.8 Å². The van der Waals surface area contributed by atoms with Crippen LogP contribution in [0.2, 0.25) is 0 Å². The molecule has 1 fully saturated rings. The minimum Gasteiger partial charge on any atom is -0.497 e. The van der Waals surface area contributed by atoms with Gasteiger partial charge in [0.15, 0.2) is 6.61 Å². The molecule has 140 valence electrons. The Morgan fingerprint density at radius 3 is 2.77 bits per heavy atom. The van der Waals surface area contributed by atoms with Gasteiger partial charge in [-0.15, -0.1) is 0 Å². The van der Waals surface area contributed by atoms with E-state index in [9.17, 15) is 9.59 Å². The summed E-state index contributed by atoms with van der Waals surface area (Å²) in [7, 11) is 1.58. The quantitative estimate of drug-likeness (QED) is 0.825. The second kappa shape index (κ2) is 7.81. The Balaban J connectivity index is 1.62. The van der Waals surface area contributed by atoms with Gasteiger partial charge in [0, 0.05) is 17.0 Å². The molecule has 3 rings (SSSR count). The monoisotopic (exact) mass is 359 g/mol. The second-order valence-corrected chi connectivity index (χ2v) is 6.93. The Morgan fingerprint density at radius 1 is 1.27 bits per heavy atom. The standard InChI is InChI=1S/C20H25NO5/c1-12-6-4-5-7-16(12)21-18(22)11-25-20(23)19-13(2)15-10-14(24-3)8-9-17(15)26-19/h8-10,12,16H,4-7,11H2,1-3H3,(H,21,22)/t12-,16-/m1/s1. The number of esters is 1. The van der Waals surface area contributed by atoms with Gasteiger partial charge in [-0.2, -0.15) is 0 Å². The average Bonchev–Trinajstić information content (AvgIpc) is 2.98. The number of nitrogens with one attached hydrogen (secondary N) is 1. The van der Waals surface area contributed by atoms with Gasteiger partial charge in [-0.3, -0.25) is 4.79 Å². The molecule has 1 aliphatic rings. The van der Waals surface area contributed by atoms with E-state index in [1.807, 2.05) is 6.07 Å². The Hall–Kier alpha value is -2.50. The largest absolute Gasteiger partial charge is 0.497 e. The summed E-state index contributed by atoms with van der Waals surface area (Å²) in [5.74, 6) is 0.349. The minimum absolute atomic E-state index is 0.118. The molecular weight excluding hydrogens is 334 g/mol. The summed E-state index contributed by atoms with van der Waals surface area (Å²) >= 11 is 0. The van der Waals surface area contributed by atoms with Gasteiger partial charge in [-0.1, -0.05) is 19.8 Å². The molecule has 0 radical (unpaired) electrons. The van der Waals surface area contributed by atoms with Crippen LogP contribution in [0.15, 0.2) is 22.6 Å². The van der Waals surface area contributed by atoms with Crippen molar-refractivity contribution in [1.29, 1.82) is 0 Å². The predicted octanol–water partition coefficient (Wildman–Crippen LogP) is 3.60. The van der Waals surface area contributed by atoms with Crippen LogP contribution >= 0.6 is 0 Å². The van der Waals surface area contributed by atoms with Crippen molar-refractivity contribution < 1.29 is 23.5 Å². The van der Waals surface area contributed by atoms with Gasteiger partial charge in [0.05, 0.1) is 7.11 Å². The molecule has 0 unspecified atom stereocenters. The number of rotatable bonds is 5. The molecule has 0 bridgehead atoms. The number of aryl methyl sites for hydroxylation is 1. The lowest BCUT2D eigenvalue weighted by Crippen LogP contribution is -2.42. The van der Waals surface area contributed by atoms with E-state index in [-0.39, 0.29) is 24.3 Å². The normalized spacial score (nSPS) is 20.0. The van der Waals surface area contributed by atoms with Gasteiger partial charge < -0.3 is 19.2 Å². The Morgan fingerprint density at radius 2 is 2.04 bits per heavy atom. The molecule has 1 aromatic heterocycles. The maximum atomic E-state index is 12.3. The van der Waals surface area contributed by atoms with Gasteiger partial charge in [0.25, 0.3) is 5.91 Å². The lowest BCUT2D eigenvalue weighted by atomic mass is 9.86. The SMILES string of the molecule is COc1ccc2oc(C(=O)OCC(=O)N[C@@H]3CCCC[C@H]3C)c(C)c2c1. The molecule has 26 heavy (non-hydrogen) atoms. The van der Waals surface area contributed by atoms with E-state index in [0.717, 1.165) is 24.6 Å². The second-order valence-electron chi connectivity index (χ2n) is 6.93. The number of hydrogen-bond donors (Lipinski definition) is 1. The first-order valence-electron chi connectivity index (χ1n) is 9.03. The first-order valence-corrected chi connectivity index (χ1v) is 9.03. The van der Waals surface area contributed by atoms with Crippen molar-refractivity contribution >= 4 is 22.8 Å². The van der Waals surface area contributed by atoms with Crippen LogP contribution in [0.5, 0.6) is 5.75 Å². The van der Waals surface area contributed by atoms with E-state index >= 15 is 0 Å². The van der Waals surface area contributed by atoms with E-state index in [0.29, 0.717) is 22.8 Å². The van der Waals surface area contributed by atoms with Crippen LogP contribution in [0.25, 0.3) is 11.0 Å². The summed E-state index contributed by atoms with van der Waals surface area (Å²) in [4.78, 5) is 24.4. The molecule has 6 nitrogen and oxygen atoms in total. The fourth-order valence-electron chi connectivity index (χ4n) is 3.50. The zero-order valence-corrected chi connectivity index (χ0v) is 15.5. The van der Waals surface area contributed by atoms with Gasteiger partial charge >= 0.3 is 5.97 Å². The van der Waals surface area contributed by atoms with Gasteiger partial charge in [0.2, 0.25) is 5.76 Å². The predicted molar refractivity (Wildman–Crippen MR) is 97.3 cm³/mol. The van der Waals surface area contributed by atoms with Gasteiger partial charge in [0.1, 0.15) is 11.3 Å². The van der Waals surface area contributed by atoms with E-state index < -0.39 is 5.97 Å². The summed E-state index contributed by atoms with van der Waals surface area (Å²) in [6, 6.07) is 5.48. The molecule has 0 spiro atoms. The Labute approximate surface area is 152 Å². The van der Waals surface area contributed by atoms with Gasteiger partial charge in [-0.25, -0.2) is 4.79 Å². The molecule has 1 amide bonds. The van der Waals surface area contributed by atoms with Gasteiger partial charge in [-0.05, 0) is 43.9 Å². The van der Waals surface area contributed by atoms with Crippen LogP contribution in [0.4, 0.5) is 0 Å². The Kier molecular flexibility index (Phi) is 5.49. The number of carbonyl (C=O) groups is 2. The van der Waals surface area contributed by atoms with Crippen molar-refractivity contribution in [2.24, 2.45) is 5.92 Å². The number of ether oxygens (including phenoxy) is 2. The number of fused-ring (bicyclic) bond motifs is 1. The fraction of sp³-hybridized carbons (Fsp3) is 0.500. The van der Waals surface area contributed by atoms with Crippen molar-refractivity contribution in [3.05, 3.63) is 29.5 Å². The molecule has 1 aliphatic carbocycles. The number of amides is 1. The zero-order chi connectivity index (χ0) is 18.7. The number of benzene rings is 1. The molecule has 0 aliphatic heterocycles. The number of carbonyl (C=O) groups excluding carboxylic acids is 2. The molecule has 1 heterocycles. The molecule has 2 aromatic rings. The third-order valence-electron chi connectivity index (χ3n) is 5.12.